The average molecular weight is 707 g/mol. The molecule has 0 radical (unpaired) electrons. The molecule has 7 nitrogen and oxygen atoms in total. The Morgan fingerprint density at radius 2 is 1.04 bits per heavy atom. The van der Waals surface area contributed by atoms with Gasteiger partial charge in [0.25, 0.3) is 0 Å². The third-order valence-electron chi connectivity index (χ3n) is 7.60. The van der Waals surface area contributed by atoms with Crippen LogP contribution in [-0.4, -0.2) is 66.6 Å². The summed E-state index contributed by atoms with van der Waals surface area (Å²) in [4.78, 5) is 32.7. The van der Waals surface area contributed by atoms with Crippen molar-refractivity contribution in [2.75, 3.05) is 39.5 Å². The number of hydrogen-bond acceptors (Lipinski definition) is 7. The van der Waals surface area contributed by atoms with Gasteiger partial charge < -0.3 is 19.5 Å². The van der Waals surface area contributed by atoms with Crippen LogP contribution in [0.15, 0.2) is 25.3 Å². The number of aliphatic hydroxyl groups is 1. The van der Waals surface area contributed by atoms with E-state index in [2.05, 4.69) is 71.3 Å². The van der Waals surface area contributed by atoms with Gasteiger partial charge in [-0.2, -0.15) is 0 Å². The third kappa shape index (κ3) is 56.6. The van der Waals surface area contributed by atoms with Crippen LogP contribution in [-0.2, 0) is 23.9 Å². The number of halogens is 1. The summed E-state index contributed by atoms with van der Waals surface area (Å²) < 4.78 is 9.55. The van der Waals surface area contributed by atoms with E-state index in [4.69, 9.17) is 21.4 Å². The Balaban J connectivity index is -0.000000174. The number of allylic oxidation sites excluding steroid dienone is 1. The number of ether oxygens (including phenoxy) is 2. The van der Waals surface area contributed by atoms with Crippen LogP contribution in [0.5, 0.6) is 0 Å². The van der Waals surface area contributed by atoms with Crippen LogP contribution in [0.2, 0.25) is 0 Å². The zero-order chi connectivity index (χ0) is 37.8. The summed E-state index contributed by atoms with van der Waals surface area (Å²) in [6.45, 7) is 30.1. The number of unbranched alkanes of at least 4 members (excludes halogenated alkanes) is 8. The van der Waals surface area contributed by atoms with Gasteiger partial charge in [0.05, 0.1) is 13.2 Å². The highest BCUT2D eigenvalue weighted by atomic mass is 35.5. The molecule has 0 rings (SSSR count). The maximum Gasteiger partial charge on any atom is 0.330 e. The Morgan fingerprint density at radius 1 is 0.646 bits per heavy atom. The number of hydrogen-bond donors (Lipinski definition) is 1. The Hall–Kier alpha value is -1.70. The average Bonchev–Trinajstić information content (AvgIpc) is 3.08. The minimum atomic E-state index is -0.509. The van der Waals surface area contributed by atoms with E-state index in [9.17, 15) is 14.4 Å². The number of carbonyl (C=O) groups is 3. The number of carbonyl (C=O) groups excluding carboxylic acids is 3. The van der Waals surface area contributed by atoms with Gasteiger partial charge in [-0.3, -0.25) is 9.59 Å². The summed E-state index contributed by atoms with van der Waals surface area (Å²) in [6, 6.07) is 0. The number of nitrogens with zero attached hydrogens (tertiary/aromatic N) is 1. The van der Waals surface area contributed by atoms with Crippen molar-refractivity contribution < 1.29 is 29.0 Å². The van der Waals surface area contributed by atoms with Gasteiger partial charge in [0.2, 0.25) is 5.24 Å². The van der Waals surface area contributed by atoms with Crippen molar-refractivity contribution in [2.24, 2.45) is 11.8 Å². The second-order valence-corrected chi connectivity index (χ2v) is 12.2. The molecule has 48 heavy (non-hydrogen) atoms. The summed E-state index contributed by atoms with van der Waals surface area (Å²) >= 11 is 4.71. The van der Waals surface area contributed by atoms with E-state index in [1.54, 1.807) is 6.92 Å². The molecule has 0 fully saturated rings. The molecule has 0 aromatic carbocycles. The van der Waals surface area contributed by atoms with Gasteiger partial charge in [-0.1, -0.05) is 139 Å². The summed E-state index contributed by atoms with van der Waals surface area (Å²) in [7, 11) is 0. The molecule has 2 unspecified atom stereocenters. The van der Waals surface area contributed by atoms with Crippen molar-refractivity contribution in [2.45, 2.75) is 165 Å². The number of aliphatic hydroxyl groups excluding tert-OH is 1. The van der Waals surface area contributed by atoms with Crippen molar-refractivity contribution in [3.05, 3.63) is 25.3 Å². The molecule has 0 aliphatic carbocycles. The quantitative estimate of drug-likeness (QED) is 0.0437. The standard InChI is InChI=1S/C15H28O2.C12H26O.C6H15N.C4H8O2.C3H3ClO/c1-4-7-9-10-12-14(11-8-5-2)13-17-15(16)6-3;1-3-5-7-8-10-12(11-13)9-6-4-2;1-4-7(5-2)6-3;1-3-6-4(2)5;1-2-3(4)5/h6,14H,3-5,7-13H2,1-2H3;12-13H,3-11H2,1-2H3;4-6H2,1-3H3;3H2,1-2H3;2H,1H2. The molecule has 1 N–H and O–H groups in total. The zero-order valence-electron chi connectivity index (χ0n) is 33.1. The Labute approximate surface area is 303 Å². The molecule has 0 saturated carbocycles. The fourth-order valence-corrected chi connectivity index (χ4v) is 4.48. The van der Waals surface area contributed by atoms with E-state index in [0.29, 0.717) is 31.7 Å². The molecule has 0 spiro atoms. The highest BCUT2D eigenvalue weighted by molar-refractivity contribution is 6.66. The van der Waals surface area contributed by atoms with Crippen LogP contribution in [0.3, 0.4) is 0 Å². The van der Waals surface area contributed by atoms with Crippen molar-refractivity contribution >= 4 is 28.8 Å². The lowest BCUT2D eigenvalue weighted by molar-refractivity contribution is -0.140. The highest BCUT2D eigenvalue weighted by Gasteiger charge is 2.10. The molecule has 0 aliphatic heterocycles. The monoisotopic (exact) mass is 706 g/mol. The highest BCUT2D eigenvalue weighted by Crippen LogP contribution is 2.18. The molecule has 0 amide bonds. The van der Waals surface area contributed by atoms with E-state index in [-0.39, 0.29) is 11.9 Å². The van der Waals surface area contributed by atoms with E-state index in [1.807, 2.05) is 0 Å². The Morgan fingerprint density at radius 3 is 1.31 bits per heavy atom. The van der Waals surface area contributed by atoms with Gasteiger partial charge in [-0.25, -0.2) is 4.79 Å². The Bertz CT molecular complexity index is 679. The molecule has 0 aliphatic rings. The third-order valence-corrected chi connectivity index (χ3v) is 7.75. The molecule has 0 bridgehead atoms. The molecule has 2 atom stereocenters. The predicted octanol–water partition coefficient (Wildman–Crippen LogP) is 11.1. The zero-order valence-corrected chi connectivity index (χ0v) is 33.8. The minimum Gasteiger partial charge on any atom is -0.466 e. The minimum absolute atomic E-state index is 0.211. The van der Waals surface area contributed by atoms with E-state index in [0.717, 1.165) is 6.08 Å². The second kappa shape index (κ2) is 49.7. The van der Waals surface area contributed by atoms with Crippen molar-refractivity contribution in [1.29, 1.82) is 0 Å². The van der Waals surface area contributed by atoms with E-state index >= 15 is 0 Å². The summed E-state index contributed by atoms with van der Waals surface area (Å²) in [6.07, 6.45) is 22.5. The van der Waals surface area contributed by atoms with Crippen LogP contribution >= 0.6 is 11.6 Å². The van der Waals surface area contributed by atoms with Gasteiger partial charge in [-0.05, 0) is 81.8 Å². The molecule has 0 aromatic rings. The van der Waals surface area contributed by atoms with Crippen molar-refractivity contribution in [3.63, 3.8) is 0 Å². The van der Waals surface area contributed by atoms with Crippen LogP contribution < -0.4 is 0 Å². The number of esters is 2. The lowest BCUT2D eigenvalue weighted by atomic mass is 9.96. The summed E-state index contributed by atoms with van der Waals surface area (Å²) in [5.41, 5.74) is 0. The largest absolute Gasteiger partial charge is 0.466 e. The van der Waals surface area contributed by atoms with E-state index < -0.39 is 5.24 Å². The first-order chi connectivity index (χ1) is 23.0. The molecule has 288 valence electrons. The molecule has 0 aromatic heterocycles. The predicted molar refractivity (Wildman–Crippen MR) is 209 cm³/mol. The van der Waals surface area contributed by atoms with Gasteiger partial charge in [0.15, 0.2) is 0 Å². The van der Waals surface area contributed by atoms with Gasteiger partial charge >= 0.3 is 11.9 Å². The number of rotatable bonds is 25. The Kier molecular flexibility index (Phi) is 57.7. The van der Waals surface area contributed by atoms with Crippen LogP contribution in [0, 0.1) is 11.8 Å². The summed E-state index contributed by atoms with van der Waals surface area (Å²) in [5.74, 6) is 0.616. The lowest BCUT2D eigenvalue weighted by Crippen LogP contribution is -2.21. The van der Waals surface area contributed by atoms with Crippen LogP contribution in [0.25, 0.3) is 0 Å². The van der Waals surface area contributed by atoms with Crippen molar-refractivity contribution in [1.82, 2.24) is 4.90 Å². The van der Waals surface area contributed by atoms with Gasteiger partial charge in [-0.15, -0.1) is 0 Å². The first-order valence-corrected chi connectivity index (χ1v) is 19.4. The first-order valence-electron chi connectivity index (χ1n) is 19.1. The second-order valence-electron chi connectivity index (χ2n) is 11.8. The van der Waals surface area contributed by atoms with Crippen LogP contribution in [0.4, 0.5) is 0 Å². The molecule has 0 heterocycles. The van der Waals surface area contributed by atoms with Crippen molar-refractivity contribution in [3.8, 4) is 0 Å². The molecular formula is C40H80ClNO6. The maximum atomic E-state index is 11.0. The fourth-order valence-electron chi connectivity index (χ4n) is 4.48. The normalized spacial score (nSPS) is 11.0. The summed E-state index contributed by atoms with van der Waals surface area (Å²) in [5, 5.41) is 8.60. The fraction of sp³-hybridized carbons (Fsp3) is 0.825. The van der Waals surface area contributed by atoms with E-state index in [1.165, 1.54) is 135 Å². The first kappa shape index (κ1) is 55.7. The van der Waals surface area contributed by atoms with Gasteiger partial charge in [0.1, 0.15) is 0 Å². The topological polar surface area (TPSA) is 93.1 Å². The lowest BCUT2D eigenvalue weighted by Gasteiger charge is -2.16. The molecule has 8 heteroatoms. The maximum absolute atomic E-state index is 11.0. The smallest absolute Gasteiger partial charge is 0.330 e. The SMILES string of the molecule is C=CC(=O)Cl.C=CC(=O)OCC(CCCC)CCCCCC.CCCCCCC(CO)CCCC.CCN(CC)CC.CCOC(C)=O. The van der Waals surface area contributed by atoms with Crippen LogP contribution in [0.1, 0.15) is 165 Å². The van der Waals surface area contributed by atoms with Gasteiger partial charge in [0, 0.05) is 19.6 Å². The molecule has 0 saturated heterocycles. The molecular weight excluding hydrogens is 626 g/mol.